The third-order valence-corrected chi connectivity index (χ3v) is 6.88. The van der Waals surface area contributed by atoms with Crippen LogP contribution in [0.2, 0.25) is 0 Å². The predicted molar refractivity (Wildman–Crippen MR) is 109 cm³/mol. The molecule has 3 aromatic rings. The number of aromatic nitrogens is 2. The Morgan fingerprint density at radius 1 is 1.10 bits per heavy atom. The molecule has 0 aliphatic rings. The second-order valence-corrected chi connectivity index (χ2v) is 9.79. The van der Waals surface area contributed by atoms with E-state index in [1.54, 1.807) is 12.1 Å². The first kappa shape index (κ1) is 22.1. The normalized spacial score (nSPS) is 11.5. The van der Waals surface area contributed by atoms with Gasteiger partial charge in [0.15, 0.2) is 4.34 Å². The Bertz CT molecular complexity index is 1140. The third-order valence-electron chi connectivity index (χ3n) is 3.51. The summed E-state index contributed by atoms with van der Waals surface area (Å²) >= 11 is 2.30. The van der Waals surface area contributed by atoms with Crippen molar-refractivity contribution in [3.63, 3.8) is 0 Å². The number of nitrogens with one attached hydrogen (secondary N) is 2. The highest BCUT2D eigenvalue weighted by atomic mass is 32.2. The summed E-state index contributed by atoms with van der Waals surface area (Å²) in [5, 5.41) is 13.7. The summed E-state index contributed by atoms with van der Waals surface area (Å²) in [4.78, 5) is 11.5. The van der Waals surface area contributed by atoms with E-state index in [9.17, 15) is 26.4 Å². The zero-order valence-corrected chi connectivity index (χ0v) is 17.3. The molecule has 2 aromatic carbocycles. The minimum atomic E-state index is -4.68. The first-order chi connectivity index (χ1) is 14.2. The summed E-state index contributed by atoms with van der Waals surface area (Å²) in [6, 6.07) is 10.3. The molecule has 2 N–H and O–H groups in total. The SMILES string of the molecule is O=C(CSc1nnc(Nc2cccc(F)c2)s1)Nc1ccc(S(=O)(=O)C(F)F)cc1. The van der Waals surface area contributed by atoms with Crippen molar-refractivity contribution in [1.29, 1.82) is 0 Å². The van der Waals surface area contributed by atoms with Gasteiger partial charge in [-0.2, -0.15) is 8.78 Å². The molecule has 0 aliphatic heterocycles. The molecule has 1 aromatic heterocycles. The Morgan fingerprint density at radius 3 is 2.50 bits per heavy atom. The minimum absolute atomic E-state index is 0.00825. The molecule has 30 heavy (non-hydrogen) atoms. The Hall–Kier alpha value is -2.64. The highest BCUT2D eigenvalue weighted by Crippen LogP contribution is 2.28. The van der Waals surface area contributed by atoms with Crippen LogP contribution in [0.3, 0.4) is 0 Å². The fourth-order valence-electron chi connectivity index (χ4n) is 2.16. The van der Waals surface area contributed by atoms with E-state index in [-0.39, 0.29) is 11.4 Å². The summed E-state index contributed by atoms with van der Waals surface area (Å²) < 4.78 is 61.5. The number of benzene rings is 2. The summed E-state index contributed by atoms with van der Waals surface area (Å²) in [7, 11) is -4.68. The molecule has 0 radical (unpaired) electrons. The van der Waals surface area contributed by atoms with Gasteiger partial charge in [-0.05, 0) is 42.5 Å². The lowest BCUT2D eigenvalue weighted by Gasteiger charge is -2.06. The Labute approximate surface area is 177 Å². The smallest absolute Gasteiger partial charge is 0.330 e. The Balaban J connectivity index is 1.52. The fourth-order valence-corrected chi connectivity index (χ4v) is 4.46. The molecule has 158 valence electrons. The number of amides is 1. The lowest BCUT2D eigenvalue weighted by atomic mass is 10.3. The largest absolute Gasteiger partial charge is 0.341 e. The van der Waals surface area contributed by atoms with E-state index in [1.165, 1.54) is 35.6 Å². The van der Waals surface area contributed by atoms with Gasteiger partial charge in [-0.15, -0.1) is 10.2 Å². The topological polar surface area (TPSA) is 101 Å². The monoisotopic (exact) mass is 474 g/mol. The molecule has 7 nitrogen and oxygen atoms in total. The molecule has 13 heteroatoms. The molecular formula is C17H13F3N4O3S3. The minimum Gasteiger partial charge on any atom is -0.330 e. The van der Waals surface area contributed by atoms with Gasteiger partial charge in [-0.1, -0.05) is 29.2 Å². The van der Waals surface area contributed by atoms with E-state index >= 15 is 0 Å². The summed E-state index contributed by atoms with van der Waals surface area (Å²) in [5.41, 5.74) is 0.775. The van der Waals surface area contributed by atoms with E-state index in [4.69, 9.17) is 0 Å². The first-order valence-electron chi connectivity index (χ1n) is 8.15. The first-order valence-corrected chi connectivity index (χ1v) is 11.5. The van der Waals surface area contributed by atoms with Crippen LogP contribution in [-0.2, 0) is 14.6 Å². The highest BCUT2D eigenvalue weighted by Gasteiger charge is 2.26. The van der Waals surface area contributed by atoms with Crippen molar-refractivity contribution in [2.75, 3.05) is 16.4 Å². The average Bonchev–Trinajstić information content (AvgIpc) is 3.14. The van der Waals surface area contributed by atoms with E-state index in [2.05, 4.69) is 20.8 Å². The van der Waals surface area contributed by atoms with Crippen molar-refractivity contribution < 1.29 is 26.4 Å². The van der Waals surface area contributed by atoms with E-state index in [1.807, 2.05) is 0 Å². The molecular weight excluding hydrogens is 461 g/mol. The van der Waals surface area contributed by atoms with Gasteiger partial charge in [0.1, 0.15) is 5.82 Å². The number of halogens is 3. The zero-order chi connectivity index (χ0) is 21.7. The van der Waals surface area contributed by atoms with Gasteiger partial charge in [0.05, 0.1) is 10.6 Å². The molecule has 0 saturated heterocycles. The molecule has 0 fully saturated rings. The number of carbonyl (C=O) groups is 1. The van der Waals surface area contributed by atoms with Gasteiger partial charge in [0.2, 0.25) is 20.9 Å². The van der Waals surface area contributed by atoms with Crippen LogP contribution in [0.1, 0.15) is 0 Å². The van der Waals surface area contributed by atoms with Gasteiger partial charge in [-0.3, -0.25) is 4.79 Å². The molecule has 1 amide bonds. The summed E-state index contributed by atoms with van der Waals surface area (Å²) in [6.45, 7) is 0. The van der Waals surface area contributed by atoms with E-state index < -0.39 is 32.2 Å². The van der Waals surface area contributed by atoms with Crippen molar-refractivity contribution in [2.45, 2.75) is 15.0 Å². The third kappa shape index (κ3) is 5.70. The lowest BCUT2D eigenvalue weighted by Crippen LogP contribution is -2.14. The fraction of sp³-hybridized carbons (Fsp3) is 0.118. The maximum absolute atomic E-state index is 13.2. The molecule has 3 rings (SSSR count). The zero-order valence-electron chi connectivity index (χ0n) is 14.9. The molecule has 0 atom stereocenters. The van der Waals surface area contributed by atoms with Crippen molar-refractivity contribution in [2.24, 2.45) is 0 Å². The second-order valence-electron chi connectivity index (χ2n) is 5.68. The van der Waals surface area contributed by atoms with Crippen molar-refractivity contribution in [3.8, 4) is 0 Å². The molecule has 0 saturated carbocycles. The van der Waals surface area contributed by atoms with Crippen LogP contribution < -0.4 is 10.6 Å². The number of hydrogen-bond acceptors (Lipinski definition) is 8. The number of carbonyl (C=O) groups excluding carboxylic acids is 1. The van der Waals surface area contributed by atoms with Crippen LogP contribution in [0.15, 0.2) is 57.8 Å². The van der Waals surface area contributed by atoms with Crippen LogP contribution in [0.5, 0.6) is 0 Å². The molecule has 1 heterocycles. The number of alkyl halides is 2. The maximum Gasteiger partial charge on any atom is 0.341 e. The second kappa shape index (κ2) is 9.45. The van der Waals surface area contributed by atoms with Gasteiger partial charge in [0, 0.05) is 11.4 Å². The van der Waals surface area contributed by atoms with E-state index in [0.29, 0.717) is 15.2 Å². The number of anilines is 3. The number of rotatable bonds is 8. The van der Waals surface area contributed by atoms with Gasteiger partial charge in [0.25, 0.3) is 0 Å². The van der Waals surface area contributed by atoms with Crippen LogP contribution >= 0.6 is 23.1 Å². The highest BCUT2D eigenvalue weighted by molar-refractivity contribution is 8.01. The van der Waals surface area contributed by atoms with Gasteiger partial charge in [-0.25, -0.2) is 12.8 Å². The summed E-state index contributed by atoms with van der Waals surface area (Å²) in [6.07, 6.45) is 0. The van der Waals surface area contributed by atoms with Gasteiger partial charge < -0.3 is 10.6 Å². The van der Waals surface area contributed by atoms with Crippen LogP contribution in [0.25, 0.3) is 0 Å². The van der Waals surface area contributed by atoms with Crippen LogP contribution in [0, 0.1) is 5.82 Å². The molecule has 0 aliphatic carbocycles. The van der Waals surface area contributed by atoms with Crippen molar-refractivity contribution >= 4 is 55.3 Å². The van der Waals surface area contributed by atoms with E-state index in [0.717, 1.165) is 23.9 Å². The van der Waals surface area contributed by atoms with Crippen LogP contribution in [0.4, 0.5) is 29.7 Å². The standard InChI is InChI=1S/C17H13F3N4O3S3/c18-10-2-1-3-12(8-10)22-16-23-24-17(29-16)28-9-14(25)21-11-4-6-13(7-5-11)30(26,27)15(19)20/h1-8,15H,9H2,(H,21,25)(H,22,23). The summed E-state index contributed by atoms with van der Waals surface area (Å²) in [5.74, 6) is -4.32. The molecule has 0 bridgehead atoms. The molecule has 0 unspecified atom stereocenters. The Morgan fingerprint density at radius 2 is 1.83 bits per heavy atom. The number of thioether (sulfide) groups is 1. The number of hydrogen-bond donors (Lipinski definition) is 2. The Kier molecular flexibility index (Phi) is 6.95. The van der Waals surface area contributed by atoms with Gasteiger partial charge >= 0.3 is 5.76 Å². The average molecular weight is 475 g/mol. The maximum atomic E-state index is 13.2. The predicted octanol–water partition coefficient (Wildman–Crippen LogP) is 4.15. The number of nitrogens with zero attached hydrogens (tertiary/aromatic N) is 2. The van der Waals surface area contributed by atoms with Crippen LogP contribution in [-0.4, -0.2) is 36.0 Å². The quantitative estimate of drug-likeness (QED) is 0.473. The molecule has 0 spiro atoms. The number of sulfone groups is 1. The van der Waals surface area contributed by atoms with Crippen molar-refractivity contribution in [1.82, 2.24) is 10.2 Å². The lowest BCUT2D eigenvalue weighted by molar-refractivity contribution is -0.113. The van der Waals surface area contributed by atoms with Crippen molar-refractivity contribution in [3.05, 3.63) is 54.3 Å².